The van der Waals surface area contributed by atoms with Crippen LogP contribution < -0.4 is 0 Å². The number of para-hydroxylation sites is 1. The Balaban J connectivity index is 1.60. The Bertz CT molecular complexity index is 1150. The fraction of sp³-hybridized carbons (Fsp3) is 0.0476. The molecule has 0 spiro atoms. The number of benzene rings is 2. The molecule has 0 saturated carbocycles. The smallest absolute Gasteiger partial charge is 0.433 e. The molecule has 0 aliphatic carbocycles. The van der Waals surface area contributed by atoms with Crippen molar-refractivity contribution in [2.45, 2.75) is 6.61 Å². The van der Waals surface area contributed by atoms with Crippen LogP contribution in [0.1, 0.15) is 16.1 Å². The summed E-state index contributed by atoms with van der Waals surface area (Å²) in [6.07, 6.45) is 1.79. The second-order valence-corrected chi connectivity index (χ2v) is 6.12. The Labute approximate surface area is 165 Å². The number of carbonyl (C=O) groups excluding carboxylic acids is 1. The number of rotatable bonds is 6. The first kappa shape index (κ1) is 18.2. The van der Waals surface area contributed by atoms with Gasteiger partial charge in [-0.1, -0.05) is 48.5 Å². The minimum atomic E-state index is -0.787. The Morgan fingerprint density at radius 1 is 1.03 bits per heavy atom. The number of ether oxygens (including phenoxy) is 1. The predicted molar refractivity (Wildman–Crippen MR) is 103 cm³/mol. The molecule has 0 N–H and O–H groups in total. The van der Waals surface area contributed by atoms with Crippen LogP contribution in [0.5, 0.6) is 0 Å². The number of hydrogen-bond donors (Lipinski definition) is 0. The highest BCUT2D eigenvalue weighted by Gasteiger charge is 2.20. The second-order valence-electron chi connectivity index (χ2n) is 6.12. The van der Waals surface area contributed by atoms with Crippen LogP contribution >= 0.6 is 0 Å². The van der Waals surface area contributed by atoms with Crippen LogP contribution in [0.3, 0.4) is 0 Å². The standard InChI is InChI=1S/C21H15N3O5/c25-21(18-11-12-19(29-18)24(26)27)28-14-16-13-23(17-9-5-2-6-10-17)22-20(16)15-7-3-1-4-8-15/h1-13H,14H2. The van der Waals surface area contributed by atoms with Crippen molar-refractivity contribution >= 4 is 11.9 Å². The SMILES string of the molecule is O=C(OCc1cn(-c2ccccc2)nc1-c1ccccc1)c1ccc([N+](=O)[O-])o1. The molecule has 0 unspecified atom stereocenters. The summed E-state index contributed by atoms with van der Waals surface area (Å²) in [7, 11) is 0. The van der Waals surface area contributed by atoms with E-state index < -0.39 is 16.8 Å². The lowest BCUT2D eigenvalue weighted by Crippen LogP contribution is -2.04. The predicted octanol–water partition coefficient (Wildman–Crippen LogP) is 4.40. The van der Waals surface area contributed by atoms with E-state index >= 15 is 0 Å². The van der Waals surface area contributed by atoms with Crippen molar-refractivity contribution in [3.05, 3.63) is 100 Å². The third kappa shape index (κ3) is 3.91. The number of aromatic nitrogens is 2. The average Bonchev–Trinajstić information content (AvgIpc) is 3.41. The van der Waals surface area contributed by atoms with E-state index in [4.69, 9.17) is 9.15 Å². The van der Waals surface area contributed by atoms with E-state index in [9.17, 15) is 14.9 Å². The zero-order chi connectivity index (χ0) is 20.2. The number of nitrogens with zero attached hydrogens (tertiary/aromatic N) is 3. The Hall–Kier alpha value is -4.20. The van der Waals surface area contributed by atoms with Crippen LogP contribution in [0.4, 0.5) is 5.88 Å². The van der Waals surface area contributed by atoms with Crippen molar-refractivity contribution in [1.82, 2.24) is 9.78 Å². The number of esters is 1. The molecule has 0 bridgehead atoms. The number of carbonyl (C=O) groups is 1. The van der Waals surface area contributed by atoms with Gasteiger partial charge in [0.05, 0.1) is 17.4 Å². The molecule has 0 aliphatic rings. The number of furan rings is 1. The van der Waals surface area contributed by atoms with E-state index in [1.54, 1.807) is 10.9 Å². The summed E-state index contributed by atoms with van der Waals surface area (Å²) in [5, 5.41) is 15.3. The Kier molecular flexibility index (Phi) is 4.90. The lowest BCUT2D eigenvalue weighted by Gasteiger charge is -2.03. The third-order valence-electron chi connectivity index (χ3n) is 4.19. The zero-order valence-electron chi connectivity index (χ0n) is 15.1. The van der Waals surface area contributed by atoms with Crippen molar-refractivity contribution in [3.63, 3.8) is 0 Å². The van der Waals surface area contributed by atoms with E-state index in [0.29, 0.717) is 11.3 Å². The molecule has 0 fully saturated rings. The van der Waals surface area contributed by atoms with Gasteiger partial charge in [0.1, 0.15) is 11.5 Å². The molecule has 0 amide bonds. The minimum absolute atomic E-state index is 0.0651. The van der Waals surface area contributed by atoms with Crippen LogP contribution in [0, 0.1) is 10.1 Å². The van der Waals surface area contributed by atoms with Gasteiger partial charge in [0.2, 0.25) is 5.76 Å². The largest absolute Gasteiger partial charge is 0.455 e. The molecule has 2 aromatic heterocycles. The highest BCUT2D eigenvalue weighted by Crippen LogP contribution is 2.25. The molecule has 0 saturated heterocycles. The maximum absolute atomic E-state index is 12.2. The highest BCUT2D eigenvalue weighted by molar-refractivity contribution is 5.86. The summed E-state index contributed by atoms with van der Waals surface area (Å²) in [6.45, 7) is -0.0651. The first-order chi connectivity index (χ1) is 14.1. The van der Waals surface area contributed by atoms with Gasteiger partial charge in [0, 0.05) is 17.3 Å². The molecule has 144 valence electrons. The fourth-order valence-corrected chi connectivity index (χ4v) is 2.82. The molecule has 0 atom stereocenters. The number of hydrogen-bond acceptors (Lipinski definition) is 6. The molecule has 2 aromatic carbocycles. The van der Waals surface area contributed by atoms with Crippen molar-refractivity contribution in [2.75, 3.05) is 0 Å². The summed E-state index contributed by atoms with van der Waals surface area (Å²) in [5.74, 6) is -1.53. The van der Waals surface area contributed by atoms with Gasteiger partial charge in [-0.3, -0.25) is 10.1 Å². The van der Waals surface area contributed by atoms with Crippen molar-refractivity contribution in [3.8, 4) is 16.9 Å². The molecule has 0 radical (unpaired) electrons. The normalized spacial score (nSPS) is 10.6. The van der Waals surface area contributed by atoms with Crippen LogP contribution in [-0.2, 0) is 11.3 Å². The second kappa shape index (κ2) is 7.81. The van der Waals surface area contributed by atoms with Crippen LogP contribution in [-0.4, -0.2) is 20.7 Å². The van der Waals surface area contributed by atoms with Gasteiger partial charge in [0.15, 0.2) is 0 Å². The average molecular weight is 389 g/mol. The molecule has 0 aliphatic heterocycles. The first-order valence-electron chi connectivity index (χ1n) is 8.72. The van der Waals surface area contributed by atoms with Gasteiger partial charge in [0.25, 0.3) is 0 Å². The summed E-state index contributed by atoms with van der Waals surface area (Å²) in [4.78, 5) is 22.2. The summed E-state index contributed by atoms with van der Waals surface area (Å²) in [6, 6.07) is 21.4. The van der Waals surface area contributed by atoms with Crippen molar-refractivity contribution in [2.24, 2.45) is 0 Å². The van der Waals surface area contributed by atoms with Gasteiger partial charge in [-0.15, -0.1) is 0 Å². The van der Waals surface area contributed by atoms with Crippen LogP contribution in [0.2, 0.25) is 0 Å². The number of nitro groups is 1. The molecule has 2 heterocycles. The van der Waals surface area contributed by atoms with Gasteiger partial charge < -0.3 is 9.15 Å². The lowest BCUT2D eigenvalue weighted by molar-refractivity contribution is -0.402. The van der Waals surface area contributed by atoms with Gasteiger partial charge in [-0.2, -0.15) is 5.10 Å². The van der Waals surface area contributed by atoms with Crippen LogP contribution in [0.25, 0.3) is 16.9 Å². The van der Waals surface area contributed by atoms with E-state index in [-0.39, 0.29) is 12.4 Å². The molecular weight excluding hydrogens is 374 g/mol. The molecule has 29 heavy (non-hydrogen) atoms. The third-order valence-corrected chi connectivity index (χ3v) is 4.19. The molecule has 8 heteroatoms. The summed E-state index contributed by atoms with van der Waals surface area (Å²) in [5.41, 5.74) is 3.10. The maximum Gasteiger partial charge on any atom is 0.433 e. The Morgan fingerprint density at radius 2 is 1.72 bits per heavy atom. The quantitative estimate of drug-likeness (QED) is 0.275. The first-order valence-corrected chi connectivity index (χ1v) is 8.72. The fourth-order valence-electron chi connectivity index (χ4n) is 2.82. The summed E-state index contributed by atoms with van der Waals surface area (Å²) >= 11 is 0. The minimum Gasteiger partial charge on any atom is -0.455 e. The molecule has 4 rings (SSSR count). The molecule has 4 aromatic rings. The maximum atomic E-state index is 12.2. The van der Waals surface area contributed by atoms with E-state index in [1.807, 2.05) is 60.7 Å². The van der Waals surface area contributed by atoms with E-state index in [2.05, 4.69) is 5.10 Å². The molecule has 8 nitrogen and oxygen atoms in total. The summed E-state index contributed by atoms with van der Waals surface area (Å²) < 4.78 is 11.9. The van der Waals surface area contributed by atoms with E-state index in [1.165, 1.54) is 6.07 Å². The zero-order valence-corrected chi connectivity index (χ0v) is 15.1. The Morgan fingerprint density at radius 3 is 2.38 bits per heavy atom. The van der Waals surface area contributed by atoms with Gasteiger partial charge in [-0.25, -0.2) is 9.48 Å². The lowest BCUT2D eigenvalue weighted by atomic mass is 10.1. The van der Waals surface area contributed by atoms with E-state index in [0.717, 1.165) is 17.3 Å². The topological polar surface area (TPSA) is 100 Å². The van der Waals surface area contributed by atoms with Crippen molar-refractivity contribution < 1.29 is 18.9 Å². The monoisotopic (exact) mass is 389 g/mol. The highest BCUT2D eigenvalue weighted by atomic mass is 16.7. The molecular formula is C21H15N3O5. The van der Waals surface area contributed by atoms with Crippen molar-refractivity contribution in [1.29, 1.82) is 0 Å². The van der Waals surface area contributed by atoms with Gasteiger partial charge in [-0.05, 0) is 18.2 Å². The van der Waals surface area contributed by atoms with Crippen LogP contribution in [0.15, 0.2) is 83.4 Å². The van der Waals surface area contributed by atoms with Gasteiger partial charge >= 0.3 is 11.9 Å².